The smallest absolute Gasteiger partial charge is 0.336 e. The van der Waals surface area contributed by atoms with Gasteiger partial charge in [0.2, 0.25) is 0 Å². The molecule has 10 heteroatoms. The van der Waals surface area contributed by atoms with Gasteiger partial charge in [0.15, 0.2) is 0 Å². The van der Waals surface area contributed by atoms with Gasteiger partial charge in [-0.15, -0.1) is 0 Å². The van der Waals surface area contributed by atoms with Crippen LogP contribution in [-0.2, 0) is 14.8 Å². The molecule has 3 rings (SSSR count). The first-order valence-corrected chi connectivity index (χ1v) is 11.1. The van der Waals surface area contributed by atoms with E-state index in [-0.39, 0.29) is 21.7 Å². The van der Waals surface area contributed by atoms with Crippen LogP contribution in [0, 0.1) is 0 Å². The molecule has 0 atom stereocenters. The fourth-order valence-electron chi connectivity index (χ4n) is 2.93. The number of carbonyl (C=O) groups is 2. The predicted octanol–water partition coefficient (Wildman–Crippen LogP) is 2.74. The minimum absolute atomic E-state index is 0.0158. The fraction of sp³-hybridized carbons (Fsp3) is 0.0870. The van der Waals surface area contributed by atoms with Crippen LogP contribution in [0.1, 0.15) is 15.9 Å². The molecule has 0 spiro atoms. The summed E-state index contributed by atoms with van der Waals surface area (Å²) in [7, 11) is -2.57. The average molecular weight is 468 g/mol. The molecule has 2 N–H and O–H groups in total. The van der Waals surface area contributed by atoms with E-state index in [4.69, 9.17) is 4.74 Å². The summed E-state index contributed by atoms with van der Waals surface area (Å²) < 4.78 is 32.6. The van der Waals surface area contributed by atoms with Gasteiger partial charge in [-0.2, -0.15) is 5.10 Å². The molecule has 170 valence electrons. The number of carbonyl (C=O) groups excluding carboxylic acids is 1. The van der Waals surface area contributed by atoms with Crippen molar-refractivity contribution in [3.63, 3.8) is 0 Å². The Morgan fingerprint density at radius 1 is 1.00 bits per heavy atom. The first kappa shape index (κ1) is 23.5. The highest BCUT2D eigenvalue weighted by molar-refractivity contribution is 7.92. The number of sulfonamides is 1. The lowest BCUT2D eigenvalue weighted by molar-refractivity contribution is -0.119. The summed E-state index contributed by atoms with van der Waals surface area (Å²) in [6.07, 6.45) is 1.19. The number of benzene rings is 3. The summed E-state index contributed by atoms with van der Waals surface area (Å²) in [6, 6.07) is 20.1. The van der Waals surface area contributed by atoms with E-state index in [1.165, 1.54) is 49.7 Å². The number of carboxylic acid groups (broad SMARTS) is 1. The van der Waals surface area contributed by atoms with Gasteiger partial charge < -0.3 is 9.84 Å². The molecule has 0 heterocycles. The molecular formula is C23H21N3O6S. The molecule has 0 radical (unpaired) electrons. The first-order chi connectivity index (χ1) is 15.8. The standard InChI is InChI=1S/C23H21N3O6S/c1-32-19-13-11-18(12-14-19)26(33(30,31)20-8-3-2-4-9-20)16-22(27)25-24-15-17-7-5-6-10-21(17)23(28)29/h2-15H,16H2,1H3,(H,25,27)(H,28,29)/b24-15-. The van der Waals surface area contributed by atoms with Crippen LogP contribution in [0.4, 0.5) is 5.69 Å². The molecule has 33 heavy (non-hydrogen) atoms. The molecule has 0 unspecified atom stereocenters. The maximum absolute atomic E-state index is 13.2. The molecular weight excluding hydrogens is 446 g/mol. The number of rotatable bonds is 9. The Labute approximate surface area is 191 Å². The number of amides is 1. The highest BCUT2D eigenvalue weighted by atomic mass is 32.2. The molecule has 9 nitrogen and oxygen atoms in total. The monoisotopic (exact) mass is 467 g/mol. The molecule has 0 bridgehead atoms. The van der Waals surface area contributed by atoms with Crippen LogP contribution in [0.2, 0.25) is 0 Å². The number of aromatic carboxylic acids is 1. The molecule has 0 fully saturated rings. The molecule has 1 amide bonds. The Balaban J connectivity index is 1.84. The number of hydrogen-bond donors (Lipinski definition) is 2. The van der Waals surface area contributed by atoms with E-state index in [0.717, 1.165) is 4.31 Å². The maximum atomic E-state index is 13.2. The minimum atomic E-state index is -4.06. The van der Waals surface area contributed by atoms with Gasteiger partial charge in [0.05, 0.1) is 29.5 Å². The third kappa shape index (κ3) is 5.74. The third-order valence-electron chi connectivity index (χ3n) is 4.56. The molecule has 0 saturated heterocycles. The van der Waals surface area contributed by atoms with Crippen LogP contribution in [0.15, 0.2) is 88.9 Å². The lowest BCUT2D eigenvalue weighted by Gasteiger charge is -2.23. The van der Waals surface area contributed by atoms with E-state index in [1.807, 2.05) is 0 Å². The van der Waals surface area contributed by atoms with Gasteiger partial charge in [0.25, 0.3) is 15.9 Å². The topological polar surface area (TPSA) is 125 Å². The number of hydrogen-bond acceptors (Lipinski definition) is 6. The van der Waals surface area contributed by atoms with Gasteiger partial charge in [-0.3, -0.25) is 9.10 Å². The first-order valence-electron chi connectivity index (χ1n) is 9.69. The van der Waals surface area contributed by atoms with Crippen molar-refractivity contribution >= 4 is 33.8 Å². The van der Waals surface area contributed by atoms with Crippen molar-refractivity contribution in [2.45, 2.75) is 4.90 Å². The summed E-state index contributed by atoms with van der Waals surface area (Å²) in [5.41, 5.74) is 2.81. The number of methoxy groups -OCH3 is 1. The van der Waals surface area contributed by atoms with Crippen molar-refractivity contribution in [3.05, 3.63) is 90.0 Å². The number of anilines is 1. The van der Waals surface area contributed by atoms with Crippen molar-refractivity contribution in [1.29, 1.82) is 0 Å². The van der Waals surface area contributed by atoms with Crippen molar-refractivity contribution in [2.24, 2.45) is 5.10 Å². The number of nitrogens with one attached hydrogen (secondary N) is 1. The van der Waals surface area contributed by atoms with E-state index < -0.39 is 28.4 Å². The normalized spacial score (nSPS) is 11.2. The molecule has 3 aromatic carbocycles. The Morgan fingerprint density at radius 3 is 2.27 bits per heavy atom. The third-order valence-corrected chi connectivity index (χ3v) is 6.35. The zero-order valence-corrected chi connectivity index (χ0v) is 18.4. The largest absolute Gasteiger partial charge is 0.497 e. The Bertz CT molecular complexity index is 1260. The van der Waals surface area contributed by atoms with Crippen molar-refractivity contribution in [3.8, 4) is 5.75 Å². The quantitative estimate of drug-likeness (QED) is 0.368. The van der Waals surface area contributed by atoms with Crippen LogP contribution in [0.5, 0.6) is 5.75 Å². The highest BCUT2D eigenvalue weighted by Crippen LogP contribution is 2.25. The minimum Gasteiger partial charge on any atom is -0.497 e. The number of carboxylic acids is 1. The zero-order chi connectivity index (χ0) is 23.8. The second-order valence-electron chi connectivity index (χ2n) is 6.71. The van der Waals surface area contributed by atoms with E-state index in [0.29, 0.717) is 5.75 Å². The van der Waals surface area contributed by atoms with E-state index in [9.17, 15) is 23.1 Å². The SMILES string of the molecule is COc1ccc(N(CC(=O)N/N=C\c2ccccc2C(=O)O)S(=O)(=O)c2ccccc2)cc1. The van der Waals surface area contributed by atoms with Gasteiger partial charge in [-0.25, -0.2) is 18.6 Å². The van der Waals surface area contributed by atoms with Gasteiger partial charge in [0, 0.05) is 5.56 Å². The Kier molecular flexibility index (Phi) is 7.42. The number of ether oxygens (including phenoxy) is 1. The fourth-order valence-corrected chi connectivity index (χ4v) is 4.37. The van der Waals surface area contributed by atoms with Crippen LogP contribution in [-0.4, -0.2) is 45.3 Å². The molecule has 0 aliphatic carbocycles. The van der Waals surface area contributed by atoms with E-state index >= 15 is 0 Å². The summed E-state index contributed by atoms with van der Waals surface area (Å²) in [4.78, 5) is 23.9. The van der Waals surface area contributed by atoms with Crippen molar-refractivity contribution in [2.75, 3.05) is 18.0 Å². The maximum Gasteiger partial charge on any atom is 0.336 e. The summed E-state index contributed by atoms with van der Waals surface area (Å²) >= 11 is 0. The Morgan fingerprint density at radius 2 is 1.64 bits per heavy atom. The highest BCUT2D eigenvalue weighted by Gasteiger charge is 2.27. The van der Waals surface area contributed by atoms with Crippen LogP contribution in [0.3, 0.4) is 0 Å². The lowest BCUT2D eigenvalue weighted by atomic mass is 10.1. The van der Waals surface area contributed by atoms with Crippen LogP contribution >= 0.6 is 0 Å². The predicted molar refractivity (Wildman–Crippen MR) is 123 cm³/mol. The Hall–Kier alpha value is -4.18. The molecule has 3 aromatic rings. The molecule has 0 saturated carbocycles. The summed E-state index contributed by atoms with van der Waals surface area (Å²) in [5, 5.41) is 13.0. The number of hydrazone groups is 1. The van der Waals surface area contributed by atoms with Crippen molar-refractivity contribution < 1.29 is 27.9 Å². The summed E-state index contributed by atoms with van der Waals surface area (Å²) in [5.74, 6) is -1.32. The van der Waals surface area contributed by atoms with Crippen LogP contribution in [0.25, 0.3) is 0 Å². The second-order valence-corrected chi connectivity index (χ2v) is 8.57. The van der Waals surface area contributed by atoms with Crippen LogP contribution < -0.4 is 14.5 Å². The average Bonchev–Trinajstić information content (AvgIpc) is 2.83. The lowest BCUT2D eigenvalue weighted by Crippen LogP contribution is -2.39. The molecule has 0 aromatic heterocycles. The molecule has 0 aliphatic rings. The van der Waals surface area contributed by atoms with Gasteiger partial charge in [0.1, 0.15) is 12.3 Å². The van der Waals surface area contributed by atoms with E-state index in [2.05, 4.69) is 10.5 Å². The molecule has 0 aliphatic heterocycles. The number of nitrogens with zero attached hydrogens (tertiary/aromatic N) is 2. The van der Waals surface area contributed by atoms with Crippen molar-refractivity contribution in [1.82, 2.24) is 5.43 Å². The van der Waals surface area contributed by atoms with Gasteiger partial charge in [-0.05, 0) is 42.5 Å². The van der Waals surface area contributed by atoms with Gasteiger partial charge in [-0.1, -0.05) is 36.4 Å². The van der Waals surface area contributed by atoms with E-state index in [1.54, 1.807) is 42.5 Å². The second kappa shape index (κ2) is 10.4. The van der Waals surface area contributed by atoms with Gasteiger partial charge >= 0.3 is 5.97 Å². The zero-order valence-electron chi connectivity index (χ0n) is 17.6. The summed E-state index contributed by atoms with van der Waals surface area (Å²) in [6.45, 7) is -0.554.